The van der Waals surface area contributed by atoms with Crippen LogP contribution in [0.5, 0.6) is 11.5 Å². The minimum Gasteiger partial charge on any atom is -0.454 e. The molecule has 0 bridgehead atoms. The SMILES string of the molecule is CSCc1c(C(=O)Nc2nc(C)c(Cc3ccc4c(c3)OCO4)s2)oc2ccccc12. The number of hydrogen-bond donors (Lipinski definition) is 1. The molecule has 8 heteroatoms. The normalized spacial score (nSPS) is 12.5. The molecule has 1 N–H and O–H groups in total. The molecule has 5 rings (SSSR count). The van der Waals surface area contributed by atoms with Crippen LogP contribution in [0.2, 0.25) is 0 Å². The molecule has 0 unspecified atom stereocenters. The molecule has 6 nitrogen and oxygen atoms in total. The summed E-state index contributed by atoms with van der Waals surface area (Å²) in [5, 5.41) is 4.46. The van der Waals surface area contributed by atoms with Crippen LogP contribution in [-0.2, 0) is 12.2 Å². The third kappa shape index (κ3) is 3.88. The molecule has 2 aromatic heterocycles. The van der Waals surface area contributed by atoms with Crippen LogP contribution >= 0.6 is 23.1 Å². The van der Waals surface area contributed by atoms with Crippen LogP contribution in [0.1, 0.15) is 32.3 Å². The largest absolute Gasteiger partial charge is 0.454 e. The molecule has 0 saturated carbocycles. The molecular formula is C23H20N2O4S2. The van der Waals surface area contributed by atoms with Gasteiger partial charge in [-0.05, 0) is 36.9 Å². The van der Waals surface area contributed by atoms with Crippen molar-refractivity contribution in [3.63, 3.8) is 0 Å². The van der Waals surface area contributed by atoms with Crippen LogP contribution in [0.3, 0.4) is 0 Å². The van der Waals surface area contributed by atoms with E-state index in [0.717, 1.165) is 44.2 Å². The van der Waals surface area contributed by atoms with Gasteiger partial charge in [-0.2, -0.15) is 11.8 Å². The first-order valence-electron chi connectivity index (χ1n) is 9.78. The number of aromatic nitrogens is 1. The number of nitrogens with zero attached hydrogens (tertiary/aromatic N) is 1. The number of carbonyl (C=O) groups is 1. The van der Waals surface area contributed by atoms with Crippen molar-refractivity contribution in [1.29, 1.82) is 0 Å². The van der Waals surface area contributed by atoms with Crippen LogP contribution < -0.4 is 14.8 Å². The molecular weight excluding hydrogens is 432 g/mol. The van der Waals surface area contributed by atoms with Crippen molar-refractivity contribution in [2.75, 3.05) is 18.4 Å². The van der Waals surface area contributed by atoms with Gasteiger partial charge < -0.3 is 13.9 Å². The summed E-state index contributed by atoms with van der Waals surface area (Å²) in [4.78, 5) is 18.7. The zero-order valence-electron chi connectivity index (χ0n) is 17.1. The first kappa shape index (κ1) is 20.0. The highest BCUT2D eigenvalue weighted by Crippen LogP contribution is 2.35. The number of amides is 1. The second kappa shape index (κ2) is 8.28. The number of thioether (sulfide) groups is 1. The topological polar surface area (TPSA) is 73.6 Å². The van der Waals surface area contributed by atoms with Crippen LogP contribution in [-0.4, -0.2) is 23.9 Å². The molecule has 3 heterocycles. The third-order valence-electron chi connectivity index (χ3n) is 5.11. The van der Waals surface area contributed by atoms with Crippen molar-refractivity contribution in [2.24, 2.45) is 0 Å². The molecule has 4 aromatic rings. The summed E-state index contributed by atoms with van der Waals surface area (Å²) in [6.07, 6.45) is 2.72. The quantitative estimate of drug-likeness (QED) is 0.409. The fourth-order valence-electron chi connectivity index (χ4n) is 3.61. The number of rotatable bonds is 6. The van der Waals surface area contributed by atoms with E-state index in [2.05, 4.69) is 10.3 Å². The Labute approximate surface area is 187 Å². The Bertz CT molecular complexity index is 1280. The average molecular weight is 453 g/mol. The molecule has 1 aliphatic rings. The summed E-state index contributed by atoms with van der Waals surface area (Å²) >= 11 is 3.13. The summed E-state index contributed by atoms with van der Waals surface area (Å²) in [6.45, 7) is 2.21. The summed E-state index contributed by atoms with van der Waals surface area (Å²) < 4.78 is 16.7. The van der Waals surface area contributed by atoms with Crippen LogP contribution in [0.25, 0.3) is 11.0 Å². The fourth-order valence-corrected chi connectivity index (χ4v) is 5.17. The van der Waals surface area contributed by atoms with Gasteiger partial charge in [-0.15, -0.1) is 11.3 Å². The number of nitrogens with one attached hydrogen (secondary N) is 1. The lowest BCUT2D eigenvalue weighted by molar-refractivity contribution is 0.0998. The molecule has 0 saturated heterocycles. The van der Waals surface area contributed by atoms with Crippen molar-refractivity contribution in [2.45, 2.75) is 19.1 Å². The van der Waals surface area contributed by atoms with Gasteiger partial charge in [0.2, 0.25) is 6.79 Å². The van der Waals surface area contributed by atoms with Gasteiger partial charge in [-0.25, -0.2) is 4.98 Å². The number of thiazole rings is 1. The smallest absolute Gasteiger partial charge is 0.293 e. The minimum atomic E-state index is -0.274. The Morgan fingerprint density at radius 3 is 2.90 bits per heavy atom. The number of carbonyl (C=O) groups excluding carboxylic acids is 1. The maximum Gasteiger partial charge on any atom is 0.293 e. The van der Waals surface area contributed by atoms with Gasteiger partial charge in [0.15, 0.2) is 22.4 Å². The van der Waals surface area contributed by atoms with Gasteiger partial charge in [0, 0.05) is 28.0 Å². The molecule has 0 radical (unpaired) electrons. The number of fused-ring (bicyclic) bond motifs is 2. The average Bonchev–Trinajstić information content (AvgIpc) is 3.46. The molecule has 31 heavy (non-hydrogen) atoms. The molecule has 2 aromatic carbocycles. The standard InChI is InChI=1S/C23H20N2O4S2/c1-13-20(10-14-7-8-18-19(9-14)28-12-27-18)31-23(24-13)25-22(26)21-16(11-30-2)15-5-3-4-6-17(15)29-21/h3-9H,10-12H2,1-2H3,(H,24,25,26). The molecule has 0 fully saturated rings. The monoisotopic (exact) mass is 452 g/mol. The first-order chi connectivity index (χ1) is 15.1. The van der Waals surface area contributed by atoms with E-state index in [1.807, 2.05) is 55.6 Å². The van der Waals surface area contributed by atoms with Gasteiger partial charge in [0.1, 0.15) is 5.58 Å². The van der Waals surface area contributed by atoms with Crippen LogP contribution in [0.15, 0.2) is 46.9 Å². The Balaban J connectivity index is 1.37. The summed E-state index contributed by atoms with van der Waals surface area (Å²) in [6, 6.07) is 13.7. The second-order valence-corrected chi connectivity index (χ2v) is 9.13. The Hall–Kier alpha value is -2.97. The minimum absolute atomic E-state index is 0.259. The Morgan fingerprint density at radius 2 is 2.03 bits per heavy atom. The first-order valence-corrected chi connectivity index (χ1v) is 12.0. The van der Waals surface area contributed by atoms with Crippen LogP contribution in [0, 0.1) is 6.92 Å². The lowest BCUT2D eigenvalue weighted by atomic mass is 10.1. The zero-order valence-corrected chi connectivity index (χ0v) is 18.7. The Morgan fingerprint density at radius 1 is 1.19 bits per heavy atom. The van der Waals surface area contributed by atoms with Gasteiger partial charge in [0.05, 0.1) is 5.69 Å². The van der Waals surface area contributed by atoms with E-state index in [1.165, 1.54) is 11.3 Å². The number of benzene rings is 2. The number of para-hydroxylation sites is 1. The van der Waals surface area contributed by atoms with E-state index in [9.17, 15) is 4.79 Å². The van der Waals surface area contributed by atoms with Crippen molar-refractivity contribution in [3.8, 4) is 11.5 Å². The summed E-state index contributed by atoms with van der Waals surface area (Å²) in [5.74, 6) is 2.31. The maximum absolute atomic E-state index is 13.0. The van der Waals surface area contributed by atoms with E-state index in [-0.39, 0.29) is 12.7 Å². The highest BCUT2D eigenvalue weighted by molar-refractivity contribution is 7.97. The van der Waals surface area contributed by atoms with Crippen molar-refractivity contribution < 1.29 is 18.7 Å². The van der Waals surface area contributed by atoms with E-state index in [4.69, 9.17) is 13.9 Å². The lowest BCUT2D eigenvalue weighted by Crippen LogP contribution is -2.12. The molecule has 1 amide bonds. The predicted molar refractivity (Wildman–Crippen MR) is 124 cm³/mol. The molecule has 0 atom stereocenters. The highest BCUT2D eigenvalue weighted by Gasteiger charge is 2.22. The zero-order chi connectivity index (χ0) is 21.4. The predicted octanol–water partition coefficient (Wildman–Crippen LogP) is 5.63. The number of furan rings is 1. The van der Waals surface area contributed by atoms with Gasteiger partial charge in [-0.1, -0.05) is 24.3 Å². The van der Waals surface area contributed by atoms with E-state index in [0.29, 0.717) is 23.1 Å². The molecule has 0 aliphatic carbocycles. The summed E-state index contributed by atoms with van der Waals surface area (Å²) in [7, 11) is 0. The van der Waals surface area contributed by atoms with Crippen molar-refractivity contribution >= 4 is 45.1 Å². The van der Waals surface area contributed by atoms with E-state index in [1.54, 1.807) is 11.8 Å². The third-order valence-corrected chi connectivity index (χ3v) is 6.76. The number of hydrogen-bond acceptors (Lipinski definition) is 7. The fraction of sp³-hybridized carbons (Fsp3) is 0.217. The Kier molecular flexibility index (Phi) is 5.33. The van der Waals surface area contributed by atoms with E-state index < -0.39 is 0 Å². The van der Waals surface area contributed by atoms with Gasteiger partial charge in [-0.3, -0.25) is 10.1 Å². The summed E-state index contributed by atoms with van der Waals surface area (Å²) in [5.41, 5.74) is 3.63. The lowest BCUT2D eigenvalue weighted by Gasteiger charge is -2.02. The van der Waals surface area contributed by atoms with Crippen molar-refractivity contribution in [1.82, 2.24) is 4.98 Å². The molecule has 1 aliphatic heterocycles. The maximum atomic E-state index is 13.0. The number of anilines is 1. The molecule has 158 valence electrons. The number of aryl methyl sites for hydroxylation is 1. The molecule has 0 spiro atoms. The van der Waals surface area contributed by atoms with Gasteiger partial charge >= 0.3 is 0 Å². The van der Waals surface area contributed by atoms with E-state index >= 15 is 0 Å². The second-order valence-electron chi connectivity index (χ2n) is 7.19. The van der Waals surface area contributed by atoms with Gasteiger partial charge in [0.25, 0.3) is 5.91 Å². The van der Waals surface area contributed by atoms with Crippen LogP contribution in [0.4, 0.5) is 5.13 Å². The van der Waals surface area contributed by atoms with Crippen molar-refractivity contribution in [3.05, 3.63) is 69.9 Å². The number of ether oxygens (including phenoxy) is 2. The highest BCUT2D eigenvalue weighted by atomic mass is 32.2.